The molecule has 0 spiro atoms. The molecule has 1 nitrogen and oxygen atoms in total. The highest BCUT2D eigenvalue weighted by atomic mass is 79.9. The molecule has 2 aromatic rings. The van der Waals surface area contributed by atoms with Gasteiger partial charge in [0.15, 0.2) is 5.78 Å². The van der Waals surface area contributed by atoms with Crippen molar-refractivity contribution < 1.29 is 4.79 Å². The third-order valence-corrected chi connectivity index (χ3v) is 4.03. The van der Waals surface area contributed by atoms with E-state index in [1.807, 2.05) is 24.3 Å². The molecule has 0 amide bonds. The van der Waals surface area contributed by atoms with Crippen molar-refractivity contribution in [2.75, 3.05) is 5.75 Å². The Morgan fingerprint density at radius 2 is 1.94 bits per heavy atom. The van der Waals surface area contributed by atoms with Gasteiger partial charge in [-0.05, 0) is 30.3 Å². The Kier molecular flexibility index (Phi) is 4.87. The molecule has 0 aromatic heterocycles. The van der Waals surface area contributed by atoms with Gasteiger partial charge in [-0.3, -0.25) is 4.79 Å². The Hall–Kier alpha value is -0.770. The minimum Gasteiger partial charge on any atom is -0.293 e. The SMILES string of the molecule is O=C(CSc1cccc(Br)c1)c1cccc(Cl)c1. The van der Waals surface area contributed by atoms with Crippen LogP contribution in [0.3, 0.4) is 0 Å². The average molecular weight is 342 g/mol. The fraction of sp³-hybridized carbons (Fsp3) is 0.0714. The van der Waals surface area contributed by atoms with Crippen LogP contribution in [0.25, 0.3) is 0 Å². The Morgan fingerprint density at radius 1 is 1.17 bits per heavy atom. The molecular formula is C14H10BrClOS. The molecule has 2 aromatic carbocycles. The zero-order chi connectivity index (χ0) is 13.0. The van der Waals surface area contributed by atoms with E-state index in [0.717, 1.165) is 9.37 Å². The second-order valence-corrected chi connectivity index (χ2v) is 6.08. The summed E-state index contributed by atoms with van der Waals surface area (Å²) in [4.78, 5) is 13.0. The molecule has 0 heterocycles. The van der Waals surface area contributed by atoms with Crippen molar-refractivity contribution >= 4 is 45.1 Å². The number of rotatable bonds is 4. The second kappa shape index (κ2) is 6.41. The van der Waals surface area contributed by atoms with Crippen molar-refractivity contribution in [2.24, 2.45) is 0 Å². The summed E-state index contributed by atoms with van der Waals surface area (Å²) in [5.41, 5.74) is 0.657. The van der Waals surface area contributed by atoms with Crippen LogP contribution in [0.2, 0.25) is 5.02 Å². The van der Waals surface area contributed by atoms with E-state index < -0.39 is 0 Å². The van der Waals surface area contributed by atoms with E-state index in [1.165, 1.54) is 11.8 Å². The van der Waals surface area contributed by atoms with Gasteiger partial charge >= 0.3 is 0 Å². The van der Waals surface area contributed by atoms with Crippen molar-refractivity contribution in [3.8, 4) is 0 Å². The van der Waals surface area contributed by atoms with Crippen molar-refractivity contribution in [3.05, 3.63) is 63.6 Å². The molecule has 0 radical (unpaired) electrons. The summed E-state index contributed by atoms with van der Waals surface area (Å²) in [6.07, 6.45) is 0. The number of ketones is 1. The summed E-state index contributed by atoms with van der Waals surface area (Å²) in [6, 6.07) is 14.9. The van der Waals surface area contributed by atoms with Gasteiger partial charge in [0, 0.05) is 20.0 Å². The van der Waals surface area contributed by atoms with Crippen LogP contribution in [0.5, 0.6) is 0 Å². The summed E-state index contributed by atoms with van der Waals surface area (Å²) in [5, 5.41) is 0.591. The lowest BCUT2D eigenvalue weighted by Crippen LogP contribution is -2.01. The molecule has 0 saturated carbocycles. The molecule has 0 N–H and O–H groups in total. The maximum absolute atomic E-state index is 12.0. The van der Waals surface area contributed by atoms with Gasteiger partial charge in [-0.15, -0.1) is 11.8 Å². The number of carbonyl (C=O) groups is 1. The van der Waals surface area contributed by atoms with Gasteiger partial charge in [-0.25, -0.2) is 0 Å². The highest BCUT2D eigenvalue weighted by Gasteiger charge is 2.07. The smallest absolute Gasteiger partial charge is 0.173 e. The lowest BCUT2D eigenvalue weighted by molar-refractivity contribution is 0.102. The van der Waals surface area contributed by atoms with E-state index >= 15 is 0 Å². The van der Waals surface area contributed by atoms with E-state index in [2.05, 4.69) is 15.9 Å². The van der Waals surface area contributed by atoms with Crippen molar-refractivity contribution in [3.63, 3.8) is 0 Å². The molecule has 92 valence electrons. The van der Waals surface area contributed by atoms with E-state index in [0.29, 0.717) is 16.3 Å². The maximum Gasteiger partial charge on any atom is 0.173 e. The Balaban J connectivity index is 2.00. The Morgan fingerprint density at radius 3 is 2.67 bits per heavy atom. The normalized spacial score (nSPS) is 10.3. The second-order valence-electron chi connectivity index (χ2n) is 3.68. The highest BCUT2D eigenvalue weighted by molar-refractivity contribution is 9.10. The fourth-order valence-electron chi connectivity index (χ4n) is 1.45. The molecule has 0 aliphatic carbocycles. The summed E-state index contributed by atoms with van der Waals surface area (Å²) in [5.74, 6) is 0.499. The highest BCUT2D eigenvalue weighted by Crippen LogP contribution is 2.23. The van der Waals surface area contributed by atoms with Gasteiger partial charge in [0.2, 0.25) is 0 Å². The van der Waals surface area contributed by atoms with E-state index in [9.17, 15) is 4.79 Å². The molecule has 0 fully saturated rings. The Labute approximate surface area is 124 Å². The van der Waals surface area contributed by atoms with Gasteiger partial charge in [0.25, 0.3) is 0 Å². The van der Waals surface area contributed by atoms with Crippen LogP contribution in [0.4, 0.5) is 0 Å². The number of Topliss-reactive ketones (excluding diaryl/α,β-unsaturated/α-hetero) is 1. The van der Waals surface area contributed by atoms with Crippen molar-refractivity contribution in [2.45, 2.75) is 4.90 Å². The number of hydrogen-bond donors (Lipinski definition) is 0. The first-order valence-corrected chi connectivity index (χ1v) is 7.48. The lowest BCUT2D eigenvalue weighted by Gasteiger charge is -2.02. The van der Waals surface area contributed by atoms with E-state index in [1.54, 1.807) is 24.3 Å². The minimum absolute atomic E-state index is 0.0856. The van der Waals surface area contributed by atoms with Crippen LogP contribution in [0.1, 0.15) is 10.4 Å². The summed E-state index contributed by atoms with van der Waals surface area (Å²) in [6.45, 7) is 0. The topological polar surface area (TPSA) is 17.1 Å². The lowest BCUT2D eigenvalue weighted by atomic mass is 10.1. The van der Waals surface area contributed by atoms with Crippen LogP contribution < -0.4 is 0 Å². The average Bonchev–Trinajstić information content (AvgIpc) is 2.36. The number of thioether (sulfide) groups is 1. The quantitative estimate of drug-likeness (QED) is 0.570. The standard InChI is InChI=1S/C14H10BrClOS/c15-11-4-2-6-13(8-11)18-9-14(17)10-3-1-5-12(16)7-10/h1-8H,9H2. The molecule has 4 heteroatoms. The fourth-order valence-corrected chi connectivity index (χ4v) is 3.04. The predicted octanol–water partition coefficient (Wildman–Crippen LogP) is 5.08. The van der Waals surface area contributed by atoms with Crippen LogP contribution in [-0.4, -0.2) is 11.5 Å². The molecule has 0 saturated heterocycles. The summed E-state index contributed by atoms with van der Waals surface area (Å²) < 4.78 is 1.02. The van der Waals surface area contributed by atoms with Gasteiger partial charge in [-0.1, -0.05) is 45.7 Å². The predicted molar refractivity (Wildman–Crippen MR) is 80.6 cm³/mol. The first-order chi connectivity index (χ1) is 8.65. The van der Waals surface area contributed by atoms with Gasteiger partial charge < -0.3 is 0 Å². The zero-order valence-electron chi connectivity index (χ0n) is 9.40. The van der Waals surface area contributed by atoms with Gasteiger partial charge in [-0.2, -0.15) is 0 Å². The maximum atomic E-state index is 12.0. The molecule has 18 heavy (non-hydrogen) atoms. The number of carbonyl (C=O) groups excluding carboxylic acids is 1. The van der Waals surface area contributed by atoms with Crippen molar-refractivity contribution in [1.82, 2.24) is 0 Å². The summed E-state index contributed by atoms with van der Waals surface area (Å²) in [7, 11) is 0. The van der Waals surface area contributed by atoms with Crippen LogP contribution >= 0.6 is 39.3 Å². The third-order valence-electron chi connectivity index (χ3n) is 2.31. The third kappa shape index (κ3) is 3.87. The van der Waals surface area contributed by atoms with Crippen LogP contribution in [0.15, 0.2) is 57.9 Å². The van der Waals surface area contributed by atoms with Gasteiger partial charge in [0.1, 0.15) is 0 Å². The van der Waals surface area contributed by atoms with Gasteiger partial charge in [0.05, 0.1) is 5.75 Å². The van der Waals surface area contributed by atoms with Crippen molar-refractivity contribution in [1.29, 1.82) is 0 Å². The molecule has 0 unspecified atom stereocenters. The first kappa shape index (κ1) is 13.7. The molecule has 2 rings (SSSR count). The molecule has 0 aliphatic rings. The number of halogens is 2. The van der Waals surface area contributed by atoms with E-state index in [4.69, 9.17) is 11.6 Å². The molecule has 0 aliphatic heterocycles. The first-order valence-electron chi connectivity index (χ1n) is 5.32. The number of hydrogen-bond acceptors (Lipinski definition) is 2. The molecule has 0 atom stereocenters. The molecular weight excluding hydrogens is 332 g/mol. The van der Waals surface area contributed by atoms with E-state index in [-0.39, 0.29) is 5.78 Å². The largest absolute Gasteiger partial charge is 0.293 e. The molecule has 0 bridgehead atoms. The minimum atomic E-state index is 0.0856. The van der Waals surface area contributed by atoms with Crippen LogP contribution in [0, 0.1) is 0 Å². The Bertz CT molecular complexity index is 571. The van der Waals surface area contributed by atoms with Crippen LogP contribution in [-0.2, 0) is 0 Å². The monoisotopic (exact) mass is 340 g/mol. The summed E-state index contributed by atoms with van der Waals surface area (Å²) >= 11 is 10.8. The number of benzene rings is 2. The zero-order valence-corrected chi connectivity index (χ0v) is 12.6.